The van der Waals surface area contributed by atoms with E-state index < -0.39 is 11.7 Å². The molecule has 30 heavy (non-hydrogen) atoms. The van der Waals surface area contributed by atoms with E-state index in [1.807, 2.05) is 12.1 Å². The van der Waals surface area contributed by atoms with Crippen molar-refractivity contribution in [2.24, 2.45) is 0 Å². The number of anilines is 1. The molecule has 0 spiro atoms. The first-order valence-electron chi connectivity index (χ1n) is 9.81. The van der Waals surface area contributed by atoms with Crippen molar-refractivity contribution in [3.8, 4) is 11.5 Å². The molecule has 0 unspecified atom stereocenters. The van der Waals surface area contributed by atoms with Crippen LogP contribution in [0.15, 0.2) is 46.9 Å². The highest BCUT2D eigenvalue weighted by Gasteiger charge is 2.30. The lowest BCUT2D eigenvalue weighted by Gasteiger charge is -2.19. The molecule has 1 N–H and O–H groups in total. The Hall–Kier alpha value is -3.16. The fourth-order valence-corrected chi connectivity index (χ4v) is 3.63. The molecule has 3 aromatic rings. The lowest BCUT2D eigenvalue weighted by atomic mass is 9.90. The fourth-order valence-electron chi connectivity index (χ4n) is 3.63. The van der Waals surface area contributed by atoms with Crippen molar-refractivity contribution in [2.45, 2.75) is 44.7 Å². The van der Waals surface area contributed by atoms with Crippen molar-refractivity contribution < 1.29 is 22.4 Å². The number of alkyl halides is 3. The molecule has 1 aliphatic carbocycles. The Labute approximate surface area is 171 Å². The van der Waals surface area contributed by atoms with Gasteiger partial charge < -0.3 is 9.73 Å². The largest absolute Gasteiger partial charge is 0.421 e. The van der Waals surface area contributed by atoms with Gasteiger partial charge in [0.1, 0.15) is 0 Å². The summed E-state index contributed by atoms with van der Waals surface area (Å²) in [5, 5.41) is 10.6. The normalized spacial score (nSPS) is 13.7. The van der Waals surface area contributed by atoms with Crippen LogP contribution < -0.4 is 5.32 Å². The van der Waals surface area contributed by atoms with Gasteiger partial charge in [0.15, 0.2) is 0 Å². The molecule has 0 atom stereocenters. The second-order valence-electron chi connectivity index (χ2n) is 7.28. The quantitative estimate of drug-likeness (QED) is 0.622. The molecule has 0 saturated carbocycles. The maximum absolute atomic E-state index is 12.9. The Morgan fingerprint density at radius 3 is 2.70 bits per heavy atom. The van der Waals surface area contributed by atoms with Gasteiger partial charge in [-0.3, -0.25) is 4.79 Å². The number of aromatic nitrogens is 2. The van der Waals surface area contributed by atoms with E-state index in [1.165, 1.54) is 23.3 Å². The predicted molar refractivity (Wildman–Crippen MR) is 105 cm³/mol. The molecule has 8 heteroatoms. The van der Waals surface area contributed by atoms with E-state index in [2.05, 4.69) is 21.6 Å². The number of amides is 1. The number of hydrogen-bond acceptors (Lipinski definition) is 4. The lowest BCUT2D eigenvalue weighted by Crippen LogP contribution is -2.15. The number of nitrogens with zero attached hydrogens (tertiary/aromatic N) is 2. The number of rotatable bonds is 5. The van der Waals surface area contributed by atoms with Crippen molar-refractivity contribution in [2.75, 3.05) is 5.32 Å². The average Bonchev–Trinajstić information content (AvgIpc) is 3.21. The topological polar surface area (TPSA) is 68.0 Å². The number of carbonyl (C=O) groups is 1. The van der Waals surface area contributed by atoms with Crippen LogP contribution in [0, 0.1) is 0 Å². The van der Waals surface area contributed by atoms with Crippen LogP contribution in [0.25, 0.3) is 11.5 Å². The maximum atomic E-state index is 12.9. The van der Waals surface area contributed by atoms with Gasteiger partial charge in [-0.1, -0.05) is 18.2 Å². The monoisotopic (exact) mass is 415 g/mol. The molecule has 156 valence electrons. The number of aryl methyl sites for hydroxylation is 2. The van der Waals surface area contributed by atoms with E-state index in [0.29, 0.717) is 0 Å². The minimum Gasteiger partial charge on any atom is -0.421 e. The average molecular weight is 415 g/mol. The van der Waals surface area contributed by atoms with Gasteiger partial charge in [-0.05, 0) is 61.1 Å². The number of benzene rings is 2. The molecule has 0 aliphatic heterocycles. The van der Waals surface area contributed by atoms with E-state index in [0.717, 1.165) is 43.5 Å². The Kier molecular flexibility index (Phi) is 5.57. The van der Waals surface area contributed by atoms with Crippen molar-refractivity contribution in [3.05, 3.63) is 65.0 Å². The third-order valence-corrected chi connectivity index (χ3v) is 5.14. The summed E-state index contributed by atoms with van der Waals surface area (Å²) in [6.45, 7) is 0. The maximum Gasteiger partial charge on any atom is 0.416 e. The Morgan fingerprint density at radius 2 is 1.87 bits per heavy atom. The number of carbonyl (C=O) groups excluding carboxylic acids is 1. The first-order chi connectivity index (χ1) is 14.4. The van der Waals surface area contributed by atoms with Crippen molar-refractivity contribution in [1.82, 2.24) is 10.2 Å². The van der Waals surface area contributed by atoms with Gasteiger partial charge in [0.25, 0.3) is 0 Å². The summed E-state index contributed by atoms with van der Waals surface area (Å²) in [5.74, 6) is 0.0223. The number of halogens is 3. The summed E-state index contributed by atoms with van der Waals surface area (Å²) in [7, 11) is 0. The zero-order valence-corrected chi connectivity index (χ0v) is 16.1. The summed E-state index contributed by atoms with van der Waals surface area (Å²) < 4.78 is 44.1. The van der Waals surface area contributed by atoms with Crippen LogP contribution in [-0.4, -0.2) is 16.1 Å². The predicted octanol–water partition coefficient (Wildman–Crippen LogP) is 5.21. The van der Waals surface area contributed by atoms with E-state index in [-0.39, 0.29) is 36.1 Å². The van der Waals surface area contributed by atoms with Gasteiger partial charge in [0.2, 0.25) is 17.7 Å². The second kappa shape index (κ2) is 8.30. The molecule has 0 saturated heterocycles. The highest BCUT2D eigenvalue weighted by Crippen LogP contribution is 2.32. The Morgan fingerprint density at radius 1 is 1.07 bits per heavy atom. The third kappa shape index (κ3) is 4.53. The van der Waals surface area contributed by atoms with Crippen LogP contribution in [0.4, 0.5) is 18.9 Å². The van der Waals surface area contributed by atoms with E-state index >= 15 is 0 Å². The minimum absolute atomic E-state index is 0.00589. The molecule has 1 amide bonds. The third-order valence-electron chi connectivity index (χ3n) is 5.14. The summed E-state index contributed by atoms with van der Waals surface area (Å²) in [4.78, 5) is 12.4. The summed E-state index contributed by atoms with van der Waals surface area (Å²) in [5.41, 5.74) is 2.71. The molecular weight excluding hydrogens is 395 g/mol. The van der Waals surface area contributed by atoms with Gasteiger partial charge in [-0.2, -0.15) is 13.2 Å². The molecule has 2 aromatic carbocycles. The summed E-state index contributed by atoms with van der Waals surface area (Å²) >= 11 is 0. The van der Waals surface area contributed by atoms with Crippen LogP contribution in [0.1, 0.15) is 41.8 Å². The summed E-state index contributed by atoms with van der Waals surface area (Å²) in [6, 6.07) is 10.6. The first kappa shape index (κ1) is 20.1. The van der Waals surface area contributed by atoms with Crippen molar-refractivity contribution in [1.29, 1.82) is 0 Å². The molecule has 1 aliphatic rings. The number of hydrogen-bond donors (Lipinski definition) is 1. The van der Waals surface area contributed by atoms with E-state index in [4.69, 9.17) is 4.42 Å². The second-order valence-corrected chi connectivity index (χ2v) is 7.28. The molecule has 1 heterocycles. The lowest BCUT2D eigenvalue weighted by molar-refractivity contribution is -0.137. The highest BCUT2D eigenvalue weighted by atomic mass is 19.4. The first-order valence-corrected chi connectivity index (χ1v) is 9.81. The van der Waals surface area contributed by atoms with E-state index in [9.17, 15) is 18.0 Å². The smallest absolute Gasteiger partial charge is 0.416 e. The summed E-state index contributed by atoms with van der Waals surface area (Å²) in [6.07, 6.45) is 0.138. The van der Waals surface area contributed by atoms with Crippen molar-refractivity contribution in [3.63, 3.8) is 0 Å². The van der Waals surface area contributed by atoms with Crippen molar-refractivity contribution >= 4 is 11.6 Å². The highest BCUT2D eigenvalue weighted by molar-refractivity contribution is 5.91. The molecule has 1 aromatic heterocycles. The number of nitrogens with one attached hydrogen (secondary N) is 1. The standard InChI is InChI=1S/C22H20F3N3O2/c23-22(24,25)16-8-3-7-15(13-16)21-28-27-20(30-21)12-11-19(29)26-18-10-4-6-14-5-1-2-9-17(14)18/h3-4,6-8,10,13H,1-2,5,9,11-12H2,(H,26,29). The van der Waals surface area contributed by atoms with Crippen LogP contribution in [0.5, 0.6) is 0 Å². The molecule has 4 rings (SSSR count). The van der Waals surface area contributed by atoms with E-state index in [1.54, 1.807) is 0 Å². The van der Waals surface area contributed by atoms with Gasteiger partial charge in [-0.25, -0.2) is 0 Å². The van der Waals surface area contributed by atoms with Gasteiger partial charge in [0, 0.05) is 24.1 Å². The van der Waals surface area contributed by atoms with Gasteiger partial charge in [-0.15, -0.1) is 10.2 Å². The Balaban J connectivity index is 1.39. The fraction of sp³-hybridized carbons (Fsp3) is 0.318. The van der Waals surface area contributed by atoms with Crippen LogP contribution in [-0.2, 0) is 30.2 Å². The molecule has 0 fully saturated rings. The zero-order chi connectivity index (χ0) is 21.1. The SMILES string of the molecule is O=C(CCc1nnc(-c2cccc(C(F)(F)F)c2)o1)Nc1cccc2c1CCCC2. The van der Waals surface area contributed by atoms with Crippen LogP contribution in [0.3, 0.4) is 0 Å². The van der Waals surface area contributed by atoms with Gasteiger partial charge in [0.05, 0.1) is 5.56 Å². The number of fused-ring (bicyclic) bond motifs is 1. The van der Waals surface area contributed by atoms with Crippen LogP contribution in [0.2, 0.25) is 0 Å². The zero-order valence-electron chi connectivity index (χ0n) is 16.1. The molecular formula is C22H20F3N3O2. The van der Waals surface area contributed by atoms with Gasteiger partial charge >= 0.3 is 6.18 Å². The minimum atomic E-state index is -4.45. The Bertz CT molecular complexity index is 1060. The molecule has 5 nitrogen and oxygen atoms in total. The molecule has 0 bridgehead atoms. The van der Waals surface area contributed by atoms with Crippen LogP contribution >= 0.6 is 0 Å². The molecule has 0 radical (unpaired) electrons.